The summed E-state index contributed by atoms with van der Waals surface area (Å²) in [5.74, 6) is -0.863. The quantitative estimate of drug-likeness (QED) is 0.840. The molecule has 0 radical (unpaired) electrons. The summed E-state index contributed by atoms with van der Waals surface area (Å²) in [4.78, 5) is 14.6. The summed E-state index contributed by atoms with van der Waals surface area (Å²) in [7, 11) is 0. The molecule has 0 unspecified atom stereocenters. The lowest BCUT2D eigenvalue weighted by Crippen LogP contribution is -1.98. The van der Waals surface area contributed by atoms with Gasteiger partial charge < -0.3 is 9.52 Å². The van der Waals surface area contributed by atoms with Gasteiger partial charge in [0.25, 0.3) is 0 Å². The Morgan fingerprint density at radius 2 is 2.50 bits per heavy atom. The smallest absolute Gasteiger partial charge is 0.310 e. The van der Waals surface area contributed by atoms with Gasteiger partial charge in [-0.1, -0.05) is 0 Å². The van der Waals surface area contributed by atoms with Crippen molar-refractivity contribution < 1.29 is 14.3 Å². The van der Waals surface area contributed by atoms with E-state index in [-0.39, 0.29) is 6.42 Å². The molecule has 4 nitrogen and oxygen atoms in total. The molecule has 0 aliphatic heterocycles. The Morgan fingerprint density at radius 3 is 3.14 bits per heavy atom. The maximum Gasteiger partial charge on any atom is 0.310 e. The van der Waals surface area contributed by atoms with Crippen molar-refractivity contribution in [2.45, 2.75) is 6.42 Å². The molecule has 1 N–H and O–H groups in total. The highest BCUT2D eigenvalue weighted by atomic mass is 32.1. The van der Waals surface area contributed by atoms with Gasteiger partial charge in [0, 0.05) is 10.9 Å². The van der Waals surface area contributed by atoms with E-state index in [1.165, 1.54) is 11.3 Å². The third-order valence-electron chi connectivity index (χ3n) is 1.67. The van der Waals surface area contributed by atoms with Crippen LogP contribution < -0.4 is 0 Å². The Bertz CT molecular complexity index is 433. The Hall–Kier alpha value is -1.62. The van der Waals surface area contributed by atoms with Gasteiger partial charge in [-0.2, -0.15) is 0 Å². The molecule has 0 aliphatic carbocycles. The van der Waals surface area contributed by atoms with Crippen molar-refractivity contribution >= 4 is 17.3 Å². The maximum absolute atomic E-state index is 10.4. The molecule has 0 atom stereocenters. The third kappa shape index (κ3) is 1.82. The summed E-state index contributed by atoms with van der Waals surface area (Å²) in [6.45, 7) is 0. The number of furan rings is 1. The first kappa shape index (κ1) is 8.96. The van der Waals surface area contributed by atoms with Crippen LogP contribution in [-0.2, 0) is 11.2 Å². The zero-order chi connectivity index (χ0) is 9.97. The SMILES string of the molecule is O=C(O)Cc1nc(-c2ccoc2)cs1. The molecule has 0 bridgehead atoms. The molecule has 72 valence electrons. The number of nitrogens with zero attached hydrogens (tertiary/aromatic N) is 1. The van der Waals surface area contributed by atoms with E-state index in [1.54, 1.807) is 18.6 Å². The fraction of sp³-hybridized carbons (Fsp3) is 0.111. The second-order valence-electron chi connectivity index (χ2n) is 2.71. The zero-order valence-corrected chi connectivity index (χ0v) is 7.95. The molecule has 0 amide bonds. The Morgan fingerprint density at radius 1 is 1.64 bits per heavy atom. The lowest BCUT2D eigenvalue weighted by atomic mass is 10.3. The highest BCUT2D eigenvalue weighted by Crippen LogP contribution is 2.22. The summed E-state index contributed by atoms with van der Waals surface area (Å²) >= 11 is 1.34. The number of carboxylic acids is 1. The van der Waals surface area contributed by atoms with Gasteiger partial charge in [-0.15, -0.1) is 11.3 Å². The third-order valence-corrected chi connectivity index (χ3v) is 2.52. The van der Waals surface area contributed by atoms with Gasteiger partial charge in [0.15, 0.2) is 0 Å². The predicted octanol–water partition coefficient (Wildman–Crippen LogP) is 2.03. The van der Waals surface area contributed by atoms with E-state index in [0.717, 1.165) is 11.3 Å². The number of aliphatic carboxylic acids is 1. The Labute approximate surface area is 83.8 Å². The van der Waals surface area contributed by atoms with Gasteiger partial charge >= 0.3 is 5.97 Å². The van der Waals surface area contributed by atoms with Crippen LogP contribution in [0.15, 0.2) is 28.4 Å². The van der Waals surface area contributed by atoms with Crippen LogP contribution in [0.1, 0.15) is 5.01 Å². The van der Waals surface area contributed by atoms with Gasteiger partial charge in [-0.3, -0.25) is 4.79 Å². The number of aromatic nitrogens is 1. The first-order chi connectivity index (χ1) is 6.75. The number of rotatable bonds is 3. The summed E-state index contributed by atoms with van der Waals surface area (Å²) in [6, 6.07) is 1.79. The molecule has 2 rings (SSSR count). The van der Waals surface area contributed by atoms with Crippen LogP contribution in [0.25, 0.3) is 11.3 Å². The molecular formula is C9H7NO3S. The van der Waals surface area contributed by atoms with E-state index < -0.39 is 5.97 Å². The predicted molar refractivity (Wildman–Crippen MR) is 51.2 cm³/mol. The molecule has 0 fully saturated rings. The molecule has 2 aromatic rings. The van der Waals surface area contributed by atoms with E-state index in [9.17, 15) is 4.79 Å². The molecule has 2 aromatic heterocycles. The van der Waals surface area contributed by atoms with Crippen LogP contribution in [0.2, 0.25) is 0 Å². The molecule has 14 heavy (non-hydrogen) atoms. The number of hydrogen-bond acceptors (Lipinski definition) is 4. The first-order valence-corrected chi connectivity index (χ1v) is 4.82. The minimum atomic E-state index is -0.863. The van der Waals surface area contributed by atoms with Crippen molar-refractivity contribution in [1.29, 1.82) is 0 Å². The monoisotopic (exact) mass is 209 g/mol. The van der Waals surface area contributed by atoms with Crippen molar-refractivity contribution in [3.8, 4) is 11.3 Å². The highest BCUT2D eigenvalue weighted by molar-refractivity contribution is 7.10. The van der Waals surface area contributed by atoms with E-state index in [2.05, 4.69) is 4.98 Å². The van der Waals surface area contributed by atoms with E-state index in [1.807, 2.05) is 5.38 Å². The summed E-state index contributed by atoms with van der Waals surface area (Å²) in [5, 5.41) is 11.0. The minimum absolute atomic E-state index is 0.0253. The molecule has 0 aromatic carbocycles. The number of carboxylic acid groups (broad SMARTS) is 1. The minimum Gasteiger partial charge on any atom is -0.481 e. The molecule has 5 heteroatoms. The topological polar surface area (TPSA) is 63.3 Å². The second kappa shape index (κ2) is 3.63. The van der Waals surface area contributed by atoms with Gasteiger partial charge in [-0.05, 0) is 6.07 Å². The number of carbonyl (C=O) groups is 1. The second-order valence-corrected chi connectivity index (χ2v) is 3.65. The zero-order valence-electron chi connectivity index (χ0n) is 7.14. The van der Waals surface area contributed by atoms with E-state index >= 15 is 0 Å². The summed E-state index contributed by atoms with van der Waals surface area (Å²) in [6.07, 6.45) is 3.12. The normalized spacial score (nSPS) is 10.3. The van der Waals surface area contributed by atoms with Crippen LogP contribution in [0, 0.1) is 0 Å². The van der Waals surface area contributed by atoms with Crippen LogP contribution >= 0.6 is 11.3 Å². The maximum atomic E-state index is 10.4. The Balaban J connectivity index is 2.22. The van der Waals surface area contributed by atoms with Crippen LogP contribution in [0.4, 0.5) is 0 Å². The van der Waals surface area contributed by atoms with Crippen LogP contribution in [0.3, 0.4) is 0 Å². The number of hydrogen-bond donors (Lipinski definition) is 1. The van der Waals surface area contributed by atoms with Crippen molar-refractivity contribution in [3.05, 3.63) is 29.0 Å². The Kier molecular flexibility index (Phi) is 2.32. The lowest BCUT2D eigenvalue weighted by Gasteiger charge is -1.88. The molecule has 0 saturated heterocycles. The molecular weight excluding hydrogens is 202 g/mol. The van der Waals surface area contributed by atoms with Gasteiger partial charge in [0.2, 0.25) is 0 Å². The lowest BCUT2D eigenvalue weighted by molar-refractivity contribution is -0.136. The van der Waals surface area contributed by atoms with Crippen molar-refractivity contribution in [3.63, 3.8) is 0 Å². The van der Waals surface area contributed by atoms with E-state index in [4.69, 9.17) is 9.52 Å². The van der Waals surface area contributed by atoms with Gasteiger partial charge in [0.05, 0.1) is 24.6 Å². The van der Waals surface area contributed by atoms with Crippen molar-refractivity contribution in [2.24, 2.45) is 0 Å². The molecule has 2 heterocycles. The largest absolute Gasteiger partial charge is 0.481 e. The van der Waals surface area contributed by atoms with Crippen LogP contribution in [-0.4, -0.2) is 16.1 Å². The van der Waals surface area contributed by atoms with Crippen molar-refractivity contribution in [1.82, 2.24) is 4.98 Å². The average Bonchev–Trinajstić information content (AvgIpc) is 2.69. The highest BCUT2D eigenvalue weighted by Gasteiger charge is 2.08. The van der Waals surface area contributed by atoms with E-state index in [0.29, 0.717) is 5.01 Å². The summed E-state index contributed by atoms with van der Waals surface area (Å²) < 4.78 is 4.91. The average molecular weight is 209 g/mol. The van der Waals surface area contributed by atoms with Crippen LogP contribution in [0.5, 0.6) is 0 Å². The summed E-state index contributed by atoms with van der Waals surface area (Å²) in [5.41, 5.74) is 1.64. The molecule has 0 aliphatic rings. The fourth-order valence-electron chi connectivity index (χ4n) is 1.06. The fourth-order valence-corrected chi connectivity index (χ4v) is 1.86. The van der Waals surface area contributed by atoms with Gasteiger partial charge in [0.1, 0.15) is 5.01 Å². The van der Waals surface area contributed by atoms with Gasteiger partial charge in [-0.25, -0.2) is 4.98 Å². The first-order valence-electron chi connectivity index (χ1n) is 3.94. The standard InChI is InChI=1S/C9H7NO3S/c11-9(12)3-8-10-7(5-14-8)6-1-2-13-4-6/h1-2,4-5H,3H2,(H,11,12). The van der Waals surface area contributed by atoms with Crippen molar-refractivity contribution in [2.75, 3.05) is 0 Å². The number of thiazole rings is 1. The molecule has 0 saturated carbocycles. The molecule has 0 spiro atoms.